The third-order valence-corrected chi connectivity index (χ3v) is 11.9. The van der Waals surface area contributed by atoms with Gasteiger partial charge in [0.25, 0.3) is 0 Å². The zero-order valence-corrected chi connectivity index (χ0v) is 24.2. The number of alkyl halides is 2. The second-order valence-electron chi connectivity index (χ2n) is 13.7. The summed E-state index contributed by atoms with van der Waals surface area (Å²) in [5, 5.41) is 3.60. The first-order chi connectivity index (χ1) is 19.8. The Morgan fingerprint density at radius 1 is 0.976 bits per heavy atom. The van der Waals surface area contributed by atoms with Gasteiger partial charge in [-0.25, -0.2) is 18.7 Å². The summed E-state index contributed by atoms with van der Waals surface area (Å²) in [6.07, 6.45) is 12.6. The SMILES string of the molecule is O=C([C@H]1CCC(F)(F)C1)N(CC12CCC(c3nc(C4CC4)cs3)(CC1)CC2)c1cccc(-c2coc(C3CC3)n2)c1. The number of thiazole rings is 1. The molecule has 0 spiro atoms. The van der Waals surface area contributed by atoms with E-state index in [0.29, 0.717) is 18.4 Å². The van der Waals surface area contributed by atoms with E-state index in [1.807, 2.05) is 40.5 Å². The van der Waals surface area contributed by atoms with E-state index < -0.39 is 11.8 Å². The Bertz CT molecular complexity index is 1450. The number of nitrogens with zero attached hydrogens (tertiary/aromatic N) is 3. The molecule has 1 atom stereocenters. The van der Waals surface area contributed by atoms with Gasteiger partial charge in [-0.15, -0.1) is 11.3 Å². The zero-order valence-electron chi connectivity index (χ0n) is 23.4. The van der Waals surface area contributed by atoms with Gasteiger partial charge < -0.3 is 9.32 Å². The lowest BCUT2D eigenvalue weighted by Crippen LogP contribution is -2.51. The molecule has 1 amide bonds. The van der Waals surface area contributed by atoms with Crippen LogP contribution in [0.25, 0.3) is 11.3 Å². The molecule has 0 unspecified atom stereocenters. The third-order valence-electron chi connectivity index (χ3n) is 10.8. The van der Waals surface area contributed by atoms with E-state index in [1.54, 1.807) is 6.26 Å². The number of hydrogen-bond donors (Lipinski definition) is 0. The molecule has 8 heteroatoms. The van der Waals surface area contributed by atoms with E-state index in [-0.39, 0.29) is 36.0 Å². The van der Waals surface area contributed by atoms with Crippen LogP contribution in [0.5, 0.6) is 0 Å². The highest BCUT2D eigenvalue weighted by atomic mass is 32.1. The van der Waals surface area contributed by atoms with Crippen LogP contribution < -0.4 is 4.90 Å². The monoisotopic (exact) mass is 577 g/mol. The molecule has 6 aliphatic rings. The lowest BCUT2D eigenvalue weighted by molar-refractivity contribution is -0.124. The van der Waals surface area contributed by atoms with Gasteiger partial charge in [0.1, 0.15) is 12.0 Å². The van der Waals surface area contributed by atoms with Gasteiger partial charge in [-0.05, 0) is 88.2 Å². The number of amides is 1. The largest absolute Gasteiger partial charge is 0.448 e. The number of carbonyl (C=O) groups is 1. The Morgan fingerprint density at radius 3 is 2.41 bits per heavy atom. The lowest BCUT2D eigenvalue weighted by Gasteiger charge is -2.54. The molecule has 41 heavy (non-hydrogen) atoms. The summed E-state index contributed by atoms with van der Waals surface area (Å²) in [5.74, 6) is -1.66. The Balaban J connectivity index is 1.06. The summed E-state index contributed by atoms with van der Waals surface area (Å²) < 4.78 is 34.2. The number of benzene rings is 1. The van der Waals surface area contributed by atoms with Gasteiger partial charge in [-0.3, -0.25) is 4.79 Å². The predicted octanol–water partition coefficient (Wildman–Crippen LogP) is 8.61. The van der Waals surface area contributed by atoms with Crippen molar-refractivity contribution in [3.63, 3.8) is 0 Å². The van der Waals surface area contributed by atoms with Crippen molar-refractivity contribution in [2.75, 3.05) is 11.4 Å². The molecule has 3 aromatic rings. The number of halogens is 2. The van der Waals surface area contributed by atoms with Crippen LogP contribution in [0.2, 0.25) is 0 Å². The van der Waals surface area contributed by atoms with Crippen molar-refractivity contribution < 1.29 is 18.0 Å². The normalized spacial score (nSPS) is 30.5. The van der Waals surface area contributed by atoms with E-state index in [2.05, 4.69) is 5.38 Å². The molecule has 0 saturated heterocycles. The number of carbonyl (C=O) groups excluding carboxylic acids is 1. The fraction of sp³-hybridized carbons (Fsp3) is 0.606. The smallest absolute Gasteiger partial charge is 0.248 e. The van der Waals surface area contributed by atoms with Crippen molar-refractivity contribution in [3.05, 3.63) is 52.5 Å². The topological polar surface area (TPSA) is 59.2 Å². The van der Waals surface area contributed by atoms with E-state index in [1.165, 1.54) is 23.5 Å². The van der Waals surface area contributed by atoms with Crippen LogP contribution in [-0.4, -0.2) is 28.3 Å². The fourth-order valence-electron chi connectivity index (χ4n) is 7.70. The summed E-state index contributed by atoms with van der Waals surface area (Å²) in [6.45, 7) is 0.588. The first-order valence-corrected chi connectivity index (χ1v) is 16.4. The third kappa shape index (κ3) is 4.84. The average Bonchev–Trinajstić information content (AvgIpc) is 3.89. The molecule has 6 saturated carbocycles. The standard InChI is InChI=1S/C33H37F2N3O2S/c34-33(35)9-8-24(17-33)29(39)38(25-3-1-2-23(16-25)26-18-40-28(36-26)22-6-7-22)20-31-10-13-32(14-11-31,15-12-31)30-37-27(19-41-30)21-4-5-21/h1-3,16,18-19,21-22,24H,4-15,17,20H2/t24-,31?,32?/m0/s1. The minimum absolute atomic E-state index is 0.0121. The second kappa shape index (κ2) is 9.45. The number of hydrogen-bond acceptors (Lipinski definition) is 5. The van der Waals surface area contributed by atoms with Crippen LogP contribution in [-0.2, 0) is 10.2 Å². The van der Waals surface area contributed by atoms with Gasteiger partial charge in [0.15, 0.2) is 5.89 Å². The highest BCUT2D eigenvalue weighted by Gasteiger charge is 2.52. The highest BCUT2D eigenvalue weighted by molar-refractivity contribution is 7.09. The van der Waals surface area contributed by atoms with Crippen molar-refractivity contribution in [2.45, 2.75) is 107 Å². The van der Waals surface area contributed by atoms with Gasteiger partial charge >= 0.3 is 0 Å². The van der Waals surface area contributed by atoms with Crippen LogP contribution in [0, 0.1) is 11.3 Å². The zero-order chi connectivity index (χ0) is 27.8. The summed E-state index contributed by atoms with van der Waals surface area (Å²) in [6, 6.07) is 7.89. The maximum atomic E-state index is 14.2. The molecule has 9 rings (SSSR count). The first-order valence-electron chi connectivity index (χ1n) is 15.5. The molecule has 0 radical (unpaired) electrons. The molecular formula is C33H37F2N3O2S. The van der Waals surface area contributed by atoms with Gasteiger partial charge in [0.05, 0.1) is 10.7 Å². The minimum Gasteiger partial charge on any atom is -0.448 e. The van der Waals surface area contributed by atoms with Crippen LogP contribution in [0.3, 0.4) is 0 Å². The Kier molecular flexibility index (Phi) is 6.00. The van der Waals surface area contributed by atoms with E-state index in [4.69, 9.17) is 14.4 Å². The molecule has 5 nitrogen and oxygen atoms in total. The molecule has 0 aliphatic heterocycles. The molecule has 0 N–H and O–H groups in total. The number of rotatable bonds is 8. The molecule has 2 aromatic heterocycles. The number of anilines is 1. The minimum atomic E-state index is -2.76. The van der Waals surface area contributed by atoms with E-state index >= 15 is 0 Å². The summed E-state index contributed by atoms with van der Waals surface area (Å²) in [5.41, 5.74) is 3.92. The fourth-order valence-corrected chi connectivity index (χ4v) is 8.89. The highest BCUT2D eigenvalue weighted by Crippen LogP contribution is 2.59. The summed E-state index contributed by atoms with van der Waals surface area (Å²) in [7, 11) is 0. The lowest BCUT2D eigenvalue weighted by atomic mass is 9.53. The van der Waals surface area contributed by atoms with Gasteiger partial charge in [-0.2, -0.15) is 0 Å². The van der Waals surface area contributed by atoms with Gasteiger partial charge in [-0.1, -0.05) is 12.1 Å². The van der Waals surface area contributed by atoms with Gasteiger partial charge in [0.2, 0.25) is 11.8 Å². The molecular weight excluding hydrogens is 540 g/mol. The molecule has 1 aromatic carbocycles. The van der Waals surface area contributed by atoms with Gasteiger partial charge in [0, 0.05) is 59.2 Å². The first kappa shape index (κ1) is 26.1. The summed E-state index contributed by atoms with van der Waals surface area (Å²) >= 11 is 1.85. The van der Waals surface area contributed by atoms with Crippen molar-refractivity contribution in [3.8, 4) is 11.3 Å². The van der Waals surface area contributed by atoms with Crippen LogP contribution in [0.1, 0.15) is 112 Å². The Labute approximate surface area is 243 Å². The number of aromatic nitrogens is 2. The summed E-state index contributed by atoms with van der Waals surface area (Å²) in [4.78, 5) is 25.7. The van der Waals surface area contributed by atoms with Crippen molar-refractivity contribution in [1.82, 2.24) is 9.97 Å². The Morgan fingerprint density at radius 2 is 1.73 bits per heavy atom. The maximum absolute atomic E-state index is 14.2. The molecule has 6 fully saturated rings. The molecule has 2 heterocycles. The predicted molar refractivity (Wildman–Crippen MR) is 154 cm³/mol. The van der Waals surface area contributed by atoms with Crippen molar-refractivity contribution in [2.24, 2.45) is 11.3 Å². The van der Waals surface area contributed by atoms with E-state index in [0.717, 1.165) is 74.2 Å². The maximum Gasteiger partial charge on any atom is 0.248 e. The van der Waals surface area contributed by atoms with Crippen LogP contribution in [0.15, 0.2) is 40.3 Å². The molecule has 2 bridgehead atoms. The molecule has 216 valence electrons. The average molecular weight is 578 g/mol. The number of oxazole rings is 1. The molecule has 6 aliphatic carbocycles. The van der Waals surface area contributed by atoms with Crippen molar-refractivity contribution in [1.29, 1.82) is 0 Å². The van der Waals surface area contributed by atoms with Crippen molar-refractivity contribution >= 4 is 22.9 Å². The quantitative estimate of drug-likeness (QED) is 0.269. The van der Waals surface area contributed by atoms with E-state index in [9.17, 15) is 13.6 Å². The second-order valence-corrected chi connectivity index (χ2v) is 14.6. The van der Waals surface area contributed by atoms with Crippen LogP contribution in [0.4, 0.5) is 14.5 Å². The van der Waals surface area contributed by atoms with Crippen LogP contribution >= 0.6 is 11.3 Å². The number of fused-ring (bicyclic) bond motifs is 3. The Hall–Kier alpha value is -2.61.